The number of fused-ring (bicyclic) bond motifs is 4. The summed E-state index contributed by atoms with van der Waals surface area (Å²) < 4.78 is 5.53. The fourth-order valence-corrected chi connectivity index (χ4v) is 3.94. The number of hydrogen-bond donors (Lipinski definition) is 3. The molecule has 7 nitrogen and oxygen atoms in total. The summed E-state index contributed by atoms with van der Waals surface area (Å²) in [4.78, 5) is 30.1. The molecule has 0 bridgehead atoms. The maximum Gasteiger partial charge on any atom is 0.411 e. The highest BCUT2D eigenvalue weighted by atomic mass is 16.5. The van der Waals surface area contributed by atoms with Crippen molar-refractivity contribution >= 4 is 28.8 Å². The van der Waals surface area contributed by atoms with E-state index in [1.54, 1.807) is 18.2 Å². The van der Waals surface area contributed by atoms with Crippen molar-refractivity contribution < 1.29 is 19.4 Å². The SMILES string of the molecule is O=C(Nc1ccc2nc(C(=O)O)[nH]c2c1)OCC1c2ccccc2-c2ccccc21. The van der Waals surface area contributed by atoms with Crippen LogP contribution in [0.25, 0.3) is 22.2 Å². The molecule has 1 amide bonds. The summed E-state index contributed by atoms with van der Waals surface area (Å²) in [6, 6.07) is 21.2. The van der Waals surface area contributed by atoms with Crippen LogP contribution in [-0.2, 0) is 4.74 Å². The quantitative estimate of drug-likeness (QED) is 0.464. The normalized spacial score (nSPS) is 12.4. The highest BCUT2D eigenvalue weighted by molar-refractivity contribution is 5.92. The molecule has 7 heteroatoms. The van der Waals surface area contributed by atoms with Gasteiger partial charge in [0.05, 0.1) is 11.0 Å². The van der Waals surface area contributed by atoms with E-state index in [9.17, 15) is 9.59 Å². The van der Waals surface area contributed by atoms with Gasteiger partial charge in [0, 0.05) is 11.6 Å². The zero-order valence-electron chi connectivity index (χ0n) is 15.8. The van der Waals surface area contributed by atoms with Crippen LogP contribution in [0.4, 0.5) is 10.5 Å². The predicted molar refractivity (Wildman–Crippen MR) is 112 cm³/mol. The maximum atomic E-state index is 12.4. The van der Waals surface area contributed by atoms with E-state index in [1.807, 2.05) is 24.3 Å². The molecule has 148 valence electrons. The third-order valence-electron chi connectivity index (χ3n) is 5.27. The number of benzene rings is 3. The highest BCUT2D eigenvalue weighted by Crippen LogP contribution is 2.44. The van der Waals surface area contributed by atoms with Crippen LogP contribution >= 0.6 is 0 Å². The van der Waals surface area contributed by atoms with Crippen LogP contribution in [-0.4, -0.2) is 33.7 Å². The molecule has 0 saturated heterocycles. The minimum Gasteiger partial charge on any atom is -0.475 e. The van der Waals surface area contributed by atoms with Gasteiger partial charge in [-0.05, 0) is 40.5 Å². The Hall–Kier alpha value is -4.13. The third-order valence-corrected chi connectivity index (χ3v) is 5.27. The van der Waals surface area contributed by atoms with Gasteiger partial charge in [-0.1, -0.05) is 48.5 Å². The average molecular weight is 399 g/mol. The molecule has 5 rings (SSSR count). The van der Waals surface area contributed by atoms with Crippen molar-refractivity contribution in [1.29, 1.82) is 0 Å². The Bertz CT molecular complexity index is 1250. The van der Waals surface area contributed by atoms with Gasteiger partial charge in [-0.3, -0.25) is 5.32 Å². The fraction of sp³-hybridized carbons (Fsp3) is 0.0870. The van der Waals surface area contributed by atoms with Gasteiger partial charge in [0.2, 0.25) is 5.82 Å². The number of carbonyl (C=O) groups excluding carboxylic acids is 1. The number of aromatic carboxylic acids is 1. The number of anilines is 1. The summed E-state index contributed by atoms with van der Waals surface area (Å²) in [5.41, 5.74) is 6.13. The summed E-state index contributed by atoms with van der Waals surface area (Å²) in [5, 5.41) is 11.7. The number of aromatic nitrogens is 2. The Morgan fingerprint density at radius 2 is 1.67 bits per heavy atom. The van der Waals surface area contributed by atoms with Crippen LogP contribution in [0.3, 0.4) is 0 Å². The zero-order chi connectivity index (χ0) is 20.7. The van der Waals surface area contributed by atoms with E-state index in [0.717, 1.165) is 11.1 Å². The molecule has 4 aromatic rings. The predicted octanol–water partition coefficient (Wildman–Crippen LogP) is 4.62. The second-order valence-electron chi connectivity index (χ2n) is 7.07. The summed E-state index contributed by atoms with van der Waals surface area (Å²) >= 11 is 0. The van der Waals surface area contributed by atoms with Crippen molar-refractivity contribution in [3.63, 3.8) is 0 Å². The topological polar surface area (TPSA) is 104 Å². The van der Waals surface area contributed by atoms with Crippen LogP contribution in [0.1, 0.15) is 27.7 Å². The first-order valence-corrected chi connectivity index (χ1v) is 9.45. The summed E-state index contributed by atoms with van der Waals surface area (Å²) in [6.45, 7) is 0.218. The molecule has 1 aromatic heterocycles. The minimum absolute atomic E-state index is 0.0173. The summed E-state index contributed by atoms with van der Waals surface area (Å²) in [6.07, 6.45) is -0.575. The van der Waals surface area contributed by atoms with Crippen LogP contribution in [0.2, 0.25) is 0 Å². The third kappa shape index (κ3) is 3.06. The van der Waals surface area contributed by atoms with E-state index in [2.05, 4.69) is 39.6 Å². The van der Waals surface area contributed by atoms with Gasteiger partial charge in [0.15, 0.2) is 0 Å². The standard InChI is InChI=1S/C23H17N3O4/c27-22(28)21-25-19-10-9-13(11-20(19)26-21)24-23(29)30-12-18-16-7-3-1-5-14(16)15-6-2-4-8-17(15)18/h1-11,18H,12H2,(H,24,29)(H,25,26)(H,27,28). The first kappa shape index (κ1) is 17.9. The number of rotatable bonds is 4. The van der Waals surface area contributed by atoms with Crippen LogP contribution < -0.4 is 5.32 Å². The Labute approximate surface area is 171 Å². The van der Waals surface area contributed by atoms with Gasteiger partial charge in [-0.25, -0.2) is 14.6 Å². The van der Waals surface area contributed by atoms with Gasteiger partial charge >= 0.3 is 12.1 Å². The number of carbonyl (C=O) groups is 2. The van der Waals surface area contributed by atoms with Crippen LogP contribution in [0, 0.1) is 0 Å². The number of H-pyrrole nitrogens is 1. The number of ether oxygens (including phenoxy) is 1. The highest BCUT2D eigenvalue weighted by Gasteiger charge is 2.29. The molecule has 0 aliphatic heterocycles. The van der Waals surface area contributed by atoms with Gasteiger partial charge in [0.1, 0.15) is 6.61 Å². The molecule has 1 aliphatic carbocycles. The van der Waals surface area contributed by atoms with E-state index in [1.165, 1.54) is 11.1 Å². The second-order valence-corrected chi connectivity index (χ2v) is 7.07. The molecule has 0 unspecified atom stereocenters. The monoisotopic (exact) mass is 399 g/mol. The van der Waals surface area contributed by atoms with Crippen LogP contribution in [0.5, 0.6) is 0 Å². The zero-order valence-corrected chi connectivity index (χ0v) is 15.8. The first-order chi connectivity index (χ1) is 14.6. The number of nitrogens with zero attached hydrogens (tertiary/aromatic N) is 1. The van der Waals surface area contributed by atoms with Crippen molar-refractivity contribution in [1.82, 2.24) is 9.97 Å². The first-order valence-electron chi connectivity index (χ1n) is 9.45. The molecular formula is C23H17N3O4. The van der Waals surface area contributed by atoms with E-state index in [0.29, 0.717) is 16.7 Å². The Morgan fingerprint density at radius 3 is 2.33 bits per heavy atom. The summed E-state index contributed by atoms with van der Waals surface area (Å²) in [7, 11) is 0. The van der Waals surface area contributed by atoms with Crippen molar-refractivity contribution in [2.45, 2.75) is 5.92 Å². The number of carboxylic acids is 1. The molecular weight excluding hydrogens is 382 g/mol. The smallest absolute Gasteiger partial charge is 0.411 e. The molecule has 0 atom stereocenters. The molecule has 0 fully saturated rings. The average Bonchev–Trinajstić information content (AvgIpc) is 3.31. The van der Waals surface area contributed by atoms with Crippen molar-refractivity contribution in [2.75, 3.05) is 11.9 Å². The molecule has 0 spiro atoms. The Balaban J connectivity index is 1.31. The molecule has 0 saturated carbocycles. The Kier molecular flexibility index (Phi) is 4.21. The van der Waals surface area contributed by atoms with Crippen molar-refractivity contribution in [2.24, 2.45) is 0 Å². The number of carboxylic acid groups (broad SMARTS) is 1. The lowest BCUT2D eigenvalue weighted by Gasteiger charge is -2.14. The van der Waals surface area contributed by atoms with Gasteiger partial charge in [-0.2, -0.15) is 0 Å². The minimum atomic E-state index is -1.14. The van der Waals surface area contributed by atoms with E-state index in [-0.39, 0.29) is 18.3 Å². The number of amides is 1. The van der Waals surface area contributed by atoms with Gasteiger partial charge < -0.3 is 14.8 Å². The molecule has 1 aliphatic rings. The lowest BCUT2D eigenvalue weighted by Crippen LogP contribution is -2.17. The van der Waals surface area contributed by atoms with E-state index < -0.39 is 12.1 Å². The lowest BCUT2D eigenvalue weighted by molar-refractivity contribution is 0.0685. The van der Waals surface area contributed by atoms with E-state index in [4.69, 9.17) is 9.84 Å². The molecule has 1 heterocycles. The number of hydrogen-bond acceptors (Lipinski definition) is 4. The number of nitrogens with one attached hydrogen (secondary N) is 2. The van der Waals surface area contributed by atoms with Crippen LogP contribution in [0.15, 0.2) is 66.7 Å². The second kappa shape index (κ2) is 7.04. The largest absolute Gasteiger partial charge is 0.475 e. The van der Waals surface area contributed by atoms with E-state index >= 15 is 0 Å². The molecule has 3 N–H and O–H groups in total. The van der Waals surface area contributed by atoms with Crippen molar-refractivity contribution in [3.05, 3.63) is 83.7 Å². The maximum absolute atomic E-state index is 12.4. The number of imidazole rings is 1. The Morgan fingerprint density at radius 1 is 1.00 bits per heavy atom. The molecule has 30 heavy (non-hydrogen) atoms. The summed E-state index contributed by atoms with van der Waals surface area (Å²) in [5.74, 6) is -1.31. The molecule has 3 aromatic carbocycles. The van der Waals surface area contributed by atoms with Crippen molar-refractivity contribution in [3.8, 4) is 11.1 Å². The molecule has 0 radical (unpaired) electrons. The van der Waals surface area contributed by atoms with Gasteiger partial charge in [0.25, 0.3) is 0 Å². The fourth-order valence-electron chi connectivity index (χ4n) is 3.94. The lowest BCUT2D eigenvalue weighted by atomic mass is 9.98. The van der Waals surface area contributed by atoms with Gasteiger partial charge in [-0.15, -0.1) is 0 Å². The number of aromatic amines is 1.